The Labute approximate surface area is 161 Å². The van der Waals surface area contributed by atoms with Crippen LogP contribution in [0.25, 0.3) is 0 Å². The van der Waals surface area contributed by atoms with E-state index in [1.807, 2.05) is 61.5 Å². The van der Waals surface area contributed by atoms with Crippen molar-refractivity contribution in [2.45, 2.75) is 26.0 Å². The standard InChI is InChI=1S/C22H29N3O2/c1-4-15-27-20-14-10-9-11-18(20)16-24-21(23-5-2)25-17-22(3,26)19-12-7-6-8-13-19/h4,6-14,26H,1,5,15-17H2,2-3H3,(H2,23,24,25). The van der Waals surface area contributed by atoms with Crippen LogP contribution in [0.4, 0.5) is 0 Å². The predicted molar refractivity (Wildman–Crippen MR) is 111 cm³/mol. The van der Waals surface area contributed by atoms with Gasteiger partial charge in [0.25, 0.3) is 0 Å². The molecule has 0 heterocycles. The number of aliphatic hydroxyl groups is 1. The van der Waals surface area contributed by atoms with Crippen LogP contribution in [0.3, 0.4) is 0 Å². The summed E-state index contributed by atoms with van der Waals surface area (Å²) < 4.78 is 5.68. The molecule has 3 N–H and O–H groups in total. The average Bonchev–Trinajstić information content (AvgIpc) is 2.70. The lowest BCUT2D eigenvalue weighted by molar-refractivity contribution is 0.0617. The van der Waals surface area contributed by atoms with Crippen molar-refractivity contribution in [3.8, 4) is 5.75 Å². The van der Waals surface area contributed by atoms with Crippen LogP contribution in [0.5, 0.6) is 5.75 Å². The minimum Gasteiger partial charge on any atom is -0.489 e. The molecule has 0 saturated heterocycles. The molecule has 2 rings (SSSR count). The van der Waals surface area contributed by atoms with E-state index in [0.717, 1.165) is 23.4 Å². The van der Waals surface area contributed by atoms with Gasteiger partial charge < -0.3 is 20.5 Å². The molecule has 0 amide bonds. The maximum absolute atomic E-state index is 10.8. The summed E-state index contributed by atoms with van der Waals surface area (Å²) in [5.41, 5.74) is 0.852. The van der Waals surface area contributed by atoms with Gasteiger partial charge in [0.1, 0.15) is 18.0 Å². The van der Waals surface area contributed by atoms with Crippen molar-refractivity contribution in [3.63, 3.8) is 0 Å². The molecule has 0 fully saturated rings. The normalized spacial score (nSPS) is 13.5. The summed E-state index contributed by atoms with van der Waals surface area (Å²) in [6, 6.07) is 17.4. The number of nitrogens with zero attached hydrogens (tertiary/aromatic N) is 1. The van der Waals surface area contributed by atoms with Crippen LogP contribution in [0, 0.1) is 0 Å². The van der Waals surface area contributed by atoms with Crippen molar-refractivity contribution in [1.82, 2.24) is 10.6 Å². The number of ether oxygens (including phenoxy) is 1. The Kier molecular flexibility index (Phi) is 7.89. The summed E-state index contributed by atoms with van der Waals surface area (Å²) >= 11 is 0. The van der Waals surface area contributed by atoms with Crippen LogP contribution in [-0.2, 0) is 12.1 Å². The molecule has 0 aromatic heterocycles. The largest absolute Gasteiger partial charge is 0.489 e. The Hall–Kier alpha value is -2.79. The van der Waals surface area contributed by atoms with Crippen LogP contribution in [0.2, 0.25) is 0 Å². The fourth-order valence-electron chi connectivity index (χ4n) is 2.59. The third-order valence-electron chi connectivity index (χ3n) is 4.08. The van der Waals surface area contributed by atoms with E-state index in [2.05, 4.69) is 22.2 Å². The minimum atomic E-state index is -0.998. The second-order valence-electron chi connectivity index (χ2n) is 6.40. The van der Waals surface area contributed by atoms with Crippen LogP contribution < -0.4 is 15.4 Å². The highest BCUT2D eigenvalue weighted by Crippen LogP contribution is 2.20. The zero-order valence-electron chi connectivity index (χ0n) is 16.1. The number of nitrogens with one attached hydrogen (secondary N) is 2. The van der Waals surface area contributed by atoms with Crippen molar-refractivity contribution < 1.29 is 9.84 Å². The molecule has 1 unspecified atom stereocenters. The smallest absolute Gasteiger partial charge is 0.191 e. The van der Waals surface area contributed by atoms with E-state index >= 15 is 0 Å². The molecule has 144 valence electrons. The highest BCUT2D eigenvalue weighted by Gasteiger charge is 2.22. The van der Waals surface area contributed by atoms with Gasteiger partial charge in [0.15, 0.2) is 5.96 Å². The SMILES string of the molecule is C=CCOc1ccccc1CN=C(NCC)NCC(C)(O)c1ccccc1. The van der Waals surface area contributed by atoms with Crippen molar-refractivity contribution in [2.24, 2.45) is 4.99 Å². The van der Waals surface area contributed by atoms with Crippen molar-refractivity contribution in [2.75, 3.05) is 19.7 Å². The highest BCUT2D eigenvalue weighted by atomic mass is 16.5. The zero-order valence-corrected chi connectivity index (χ0v) is 16.1. The lowest BCUT2D eigenvalue weighted by Crippen LogP contribution is -2.44. The summed E-state index contributed by atoms with van der Waals surface area (Å²) in [6.07, 6.45) is 1.72. The Bertz CT molecular complexity index is 742. The fourth-order valence-corrected chi connectivity index (χ4v) is 2.59. The number of guanidine groups is 1. The van der Waals surface area contributed by atoms with Crippen LogP contribution in [0.15, 0.2) is 72.2 Å². The van der Waals surface area contributed by atoms with Gasteiger partial charge in [-0.2, -0.15) is 0 Å². The molecule has 27 heavy (non-hydrogen) atoms. The van der Waals surface area contributed by atoms with Gasteiger partial charge in [0.05, 0.1) is 13.1 Å². The molecule has 0 saturated carbocycles. The summed E-state index contributed by atoms with van der Waals surface area (Å²) in [5.74, 6) is 1.44. The van der Waals surface area contributed by atoms with Gasteiger partial charge in [-0.15, -0.1) is 0 Å². The quantitative estimate of drug-likeness (QED) is 0.362. The molecule has 5 heteroatoms. The molecular weight excluding hydrogens is 338 g/mol. The first kappa shape index (κ1) is 20.5. The maximum atomic E-state index is 10.8. The first-order chi connectivity index (χ1) is 13.1. The molecule has 0 radical (unpaired) electrons. The van der Waals surface area contributed by atoms with E-state index in [9.17, 15) is 5.11 Å². The van der Waals surface area contributed by atoms with Gasteiger partial charge in [-0.05, 0) is 25.5 Å². The average molecular weight is 367 g/mol. The van der Waals surface area contributed by atoms with Crippen molar-refractivity contribution in [3.05, 3.63) is 78.4 Å². The van der Waals surface area contributed by atoms with Gasteiger partial charge in [0.2, 0.25) is 0 Å². The highest BCUT2D eigenvalue weighted by molar-refractivity contribution is 5.79. The van der Waals surface area contributed by atoms with Crippen LogP contribution in [0.1, 0.15) is 25.0 Å². The Morgan fingerprint density at radius 1 is 1.15 bits per heavy atom. The molecule has 0 aliphatic heterocycles. The van der Waals surface area contributed by atoms with Gasteiger partial charge >= 0.3 is 0 Å². The molecule has 0 bridgehead atoms. The van der Waals surface area contributed by atoms with Gasteiger partial charge in [0, 0.05) is 12.1 Å². The summed E-state index contributed by atoms with van der Waals surface area (Å²) in [5, 5.41) is 17.2. The first-order valence-electron chi connectivity index (χ1n) is 9.18. The van der Waals surface area contributed by atoms with Crippen molar-refractivity contribution >= 4 is 5.96 Å². The molecule has 0 aliphatic rings. The summed E-state index contributed by atoms with van der Waals surface area (Å²) in [4.78, 5) is 4.63. The Morgan fingerprint density at radius 2 is 1.85 bits per heavy atom. The van der Waals surface area contributed by atoms with E-state index < -0.39 is 5.60 Å². The minimum absolute atomic E-state index is 0.345. The second kappa shape index (κ2) is 10.4. The molecule has 0 spiro atoms. The third kappa shape index (κ3) is 6.46. The maximum Gasteiger partial charge on any atom is 0.191 e. The molecule has 0 aliphatic carbocycles. The molecule has 2 aromatic rings. The van der Waals surface area contributed by atoms with Gasteiger partial charge in [-0.25, -0.2) is 4.99 Å². The van der Waals surface area contributed by atoms with Gasteiger partial charge in [-0.1, -0.05) is 61.2 Å². The third-order valence-corrected chi connectivity index (χ3v) is 4.08. The number of rotatable bonds is 9. The zero-order chi connectivity index (χ0) is 19.5. The monoisotopic (exact) mass is 367 g/mol. The number of benzene rings is 2. The van der Waals surface area contributed by atoms with E-state index in [-0.39, 0.29) is 0 Å². The number of para-hydroxylation sites is 1. The predicted octanol–water partition coefficient (Wildman–Crippen LogP) is 3.21. The van der Waals surface area contributed by atoms with E-state index in [4.69, 9.17) is 4.74 Å². The summed E-state index contributed by atoms with van der Waals surface area (Å²) in [6.45, 7) is 9.48. The Morgan fingerprint density at radius 3 is 2.56 bits per heavy atom. The van der Waals surface area contributed by atoms with Crippen molar-refractivity contribution in [1.29, 1.82) is 0 Å². The molecule has 1 atom stereocenters. The fraction of sp³-hybridized carbons (Fsp3) is 0.318. The van der Waals surface area contributed by atoms with Crippen LogP contribution in [-0.4, -0.2) is 30.8 Å². The molecular formula is C22H29N3O2. The van der Waals surface area contributed by atoms with E-state index in [0.29, 0.717) is 25.7 Å². The second-order valence-corrected chi connectivity index (χ2v) is 6.40. The number of aliphatic imine (C=N–C) groups is 1. The number of hydrogen-bond donors (Lipinski definition) is 3. The topological polar surface area (TPSA) is 65.9 Å². The van der Waals surface area contributed by atoms with E-state index in [1.165, 1.54) is 0 Å². The lowest BCUT2D eigenvalue weighted by Gasteiger charge is -2.25. The molecule has 5 nitrogen and oxygen atoms in total. The van der Waals surface area contributed by atoms with Crippen LogP contribution >= 0.6 is 0 Å². The number of hydrogen-bond acceptors (Lipinski definition) is 3. The van der Waals surface area contributed by atoms with E-state index in [1.54, 1.807) is 13.0 Å². The summed E-state index contributed by atoms with van der Waals surface area (Å²) in [7, 11) is 0. The van der Waals surface area contributed by atoms with Gasteiger partial charge in [-0.3, -0.25) is 0 Å². The Balaban J connectivity index is 2.05. The first-order valence-corrected chi connectivity index (χ1v) is 9.18. The molecule has 2 aromatic carbocycles. The lowest BCUT2D eigenvalue weighted by atomic mass is 9.96.